The van der Waals surface area contributed by atoms with Gasteiger partial charge in [0.05, 0.1) is 29.8 Å². The second-order valence-corrected chi connectivity index (χ2v) is 7.82. The van der Waals surface area contributed by atoms with E-state index in [1.165, 1.54) is 0 Å². The number of benzene rings is 2. The van der Waals surface area contributed by atoms with E-state index in [2.05, 4.69) is 10.3 Å². The van der Waals surface area contributed by atoms with Crippen LogP contribution in [-0.4, -0.2) is 18.0 Å². The van der Waals surface area contributed by atoms with E-state index in [-0.39, 0.29) is 12.3 Å². The predicted octanol–water partition coefficient (Wildman–Crippen LogP) is 5.80. The lowest BCUT2D eigenvalue weighted by molar-refractivity contribution is -0.115. The summed E-state index contributed by atoms with van der Waals surface area (Å²) in [4.78, 5) is 18.2. The molecule has 30 heavy (non-hydrogen) atoms. The molecule has 0 radical (unpaired) electrons. The number of para-hydroxylation sites is 1. The van der Waals surface area contributed by atoms with Gasteiger partial charge in [-0.05, 0) is 30.5 Å². The number of nitrogens with zero attached hydrogens (tertiary/aromatic N) is 1. The number of fused-ring (bicyclic) bond motifs is 3. The molecule has 0 atom stereocenters. The van der Waals surface area contributed by atoms with E-state index < -0.39 is 0 Å². The van der Waals surface area contributed by atoms with E-state index in [1.54, 1.807) is 24.5 Å². The molecule has 0 unspecified atom stereocenters. The Morgan fingerprint density at radius 1 is 1.10 bits per heavy atom. The number of nitrogens with one attached hydrogen (secondary N) is 1. The number of oxazole rings is 1. The Morgan fingerprint density at radius 3 is 2.77 bits per heavy atom. The Hall–Kier alpha value is -3.58. The molecule has 0 spiro atoms. The Morgan fingerprint density at radius 2 is 1.97 bits per heavy atom. The van der Waals surface area contributed by atoms with E-state index in [0.717, 1.165) is 21.2 Å². The number of furan rings is 1. The van der Waals surface area contributed by atoms with Crippen LogP contribution in [0.15, 0.2) is 62.7 Å². The van der Waals surface area contributed by atoms with Gasteiger partial charge in [-0.3, -0.25) is 4.79 Å². The van der Waals surface area contributed by atoms with Gasteiger partial charge in [0, 0.05) is 16.8 Å². The average Bonchev–Trinajstić information content (AvgIpc) is 3.46. The number of carbonyl (C=O) groups excluding carboxylic acids is 1. The van der Waals surface area contributed by atoms with Crippen molar-refractivity contribution in [1.82, 2.24) is 4.98 Å². The third-order valence-corrected chi connectivity index (χ3v) is 5.78. The minimum absolute atomic E-state index is 0.0992. The summed E-state index contributed by atoms with van der Waals surface area (Å²) in [6, 6.07) is 15.3. The maximum atomic E-state index is 12.7. The monoisotopic (exact) mass is 418 g/mol. The summed E-state index contributed by atoms with van der Waals surface area (Å²) in [5.41, 5.74) is 2.63. The van der Waals surface area contributed by atoms with Crippen LogP contribution in [0.5, 0.6) is 5.75 Å². The number of hydrogen-bond acceptors (Lipinski definition) is 6. The number of aryl methyl sites for hydroxylation is 1. The fourth-order valence-corrected chi connectivity index (χ4v) is 4.11. The molecule has 7 heteroatoms. The standard InChI is InChI=1S/C23H18N2O4S/c1-13-16(25-23(28-13)21-8-5-9-30-21)12-22(26)24-17-11-19-15(10-20(17)27-2)14-6-3-4-7-18(14)29-19/h3-11H,12H2,1-2H3,(H,24,26). The van der Waals surface area contributed by atoms with Gasteiger partial charge in [0.1, 0.15) is 22.7 Å². The first kappa shape index (κ1) is 18.4. The van der Waals surface area contributed by atoms with Gasteiger partial charge in [-0.1, -0.05) is 24.3 Å². The smallest absolute Gasteiger partial charge is 0.236 e. The number of aromatic nitrogens is 1. The highest BCUT2D eigenvalue weighted by Crippen LogP contribution is 2.36. The molecule has 3 heterocycles. The molecule has 5 rings (SSSR count). The Labute approximate surface area is 176 Å². The molecule has 0 saturated heterocycles. The summed E-state index contributed by atoms with van der Waals surface area (Å²) in [5.74, 6) is 1.52. The number of methoxy groups -OCH3 is 1. The second-order valence-electron chi connectivity index (χ2n) is 6.87. The maximum Gasteiger partial charge on any atom is 0.236 e. The Bertz CT molecular complexity index is 1370. The molecule has 5 aromatic rings. The molecule has 1 amide bonds. The Balaban J connectivity index is 1.42. The van der Waals surface area contributed by atoms with Crippen molar-refractivity contribution in [3.05, 3.63) is 65.4 Å². The molecule has 0 aliphatic rings. The van der Waals surface area contributed by atoms with Crippen molar-refractivity contribution >= 4 is 44.9 Å². The van der Waals surface area contributed by atoms with Crippen molar-refractivity contribution in [2.45, 2.75) is 13.3 Å². The number of ether oxygens (including phenoxy) is 1. The summed E-state index contributed by atoms with van der Waals surface area (Å²) < 4.78 is 17.2. The maximum absolute atomic E-state index is 12.7. The van der Waals surface area contributed by atoms with Gasteiger partial charge in [0.25, 0.3) is 0 Å². The number of anilines is 1. The van der Waals surface area contributed by atoms with Crippen LogP contribution >= 0.6 is 11.3 Å². The third kappa shape index (κ3) is 3.23. The number of hydrogen-bond donors (Lipinski definition) is 1. The number of amides is 1. The van der Waals surface area contributed by atoms with Crippen molar-refractivity contribution in [2.75, 3.05) is 12.4 Å². The minimum atomic E-state index is -0.210. The lowest BCUT2D eigenvalue weighted by atomic mass is 10.1. The van der Waals surface area contributed by atoms with Gasteiger partial charge in [-0.25, -0.2) is 4.98 Å². The number of thiophene rings is 1. The van der Waals surface area contributed by atoms with E-state index >= 15 is 0 Å². The minimum Gasteiger partial charge on any atom is -0.495 e. The Kier molecular flexibility index (Phi) is 4.52. The second kappa shape index (κ2) is 7.35. The highest BCUT2D eigenvalue weighted by atomic mass is 32.1. The molecule has 0 aliphatic carbocycles. The normalized spacial score (nSPS) is 11.3. The van der Waals surface area contributed by atoms with E-state index in [0.29, 0.717) is 34.4 Å². The van der Waals surface area contributed by atoms with Crippen LogP contribution in [0.4, 0.5) is 5.69 Å². The zero-order valence-corrected chi connectivity index (χ0v) is 17.2. The highest BCUT2D eigenvalue weighted by molar-refractivity contribution is 7.13. The average molecular weight is 418 g/mol. The van der Waals surface area contributed by atoms with Gasteiger partial charge >= 0.3 is 0 Å². The number of rotatable bonds is 5. The van der Waals surface area contributed by atoms with Crippen LogP contribution in [0.1, 0.15) is 11.5 Å². The van der Waals surface area contributed by atoms with Crippen molar-refractivity contribution in [3.63, 3.8) is 0 Å². The first-order valence-corrected chi connectivity index (χ1v) is 10.3. The van der Waals surface area contributed by atoms with Crippen LogP contribution in [0, 0.1) is 6.92 Å². The highest BCUT2D eigenvalue weighted by Gasteiger charge is 2.18. The third-order valence-electron chi connectivity index (χ3n) is 4.93. The van der Waals surface area contributed by atoms with Crippen molar-refractivity contribution < 1.29 is 18.4 Å². The van der Waals surface area contributed by atoms with Crippen LogP contribution in [0.2, 0.25) is 0 Å². The SMILES string of the molecule is COc1cc2c(cc1NC(=O)Cc1nc(-c3cccs3)oc1C)oc1ccccc12. The van der Waals surface area contributed by atoms with Crippen molar-refractivity contribution in [1.29, 1.82) is 0 Å². The van der Waals surface area contributed by atoms with E-state index in [1.807, 2.05) is 54.8 Å². The van der Waals surface area contributed by atoms with Crippen LogP contribution in [-0.2, 0) is 11.2 Å². The summed E-state index contributed by atoms with van der Waals surface area (Å²) >= 11 is 1.54. The van der Waals surface area contributed by atoms with Gasteiger partial charge < -0.3 is 18.9 Å². The molecule has 1 N–H and O–H groups in total. The van der Waals surface area contributed by atoms with E-state index in [9.17, 15) is 4.79 Å². The zero-order chi connectivity index (χ0) is 20.7. The first-order chi connectivity index (χ1) is 14.6. The lowest BCUT2D eigenvalue weighted by Gasteiger charge is -2.10. The summed E-state index contributed by atoms with van der Waals surface area (Å²) in [5, 5.41) is 6.82. The van der Waals surface area contributed by atoms with Crippen LogP contribution < -0.4 is 10.1 Å². The fraction of sp³-hybridized carbons (Fsp3) is 0.130. The molecule has 0 bridgehead atoms. The topological polar surface area (TPSA) is 77.5 Å². The molecule has 0 saturated carbocycles. The van der Waals surface area contributed by atoms with Gasteiger partial charge in [0.15, 0.2) is 0 Å². The number of carbonyl (C=O) groups is 1. The quantitative estimate of drug-likeness (QED) is 0.390. The van der Waals surface area contributed by atoms with E-state index in [4.69, 9.17) is 13.6 Å². The largest absolute Gasteiger partial charge is 0.495 e. The molecule has 0 aliphatic heterocycles. The predicted molar refractivity (Wildman–Crippen MR) is 117 cm³/mol. The molecule has 150 valence electrons. The van der Waals surface area contributed by atoms with Crippen molar-refractivity contribution in [3.8, 4) is 16.5 Å². The van der Waals surface area contributed by atoms with Crippen LogP contribution in [0.3, 0.4) is 0 Å². The molecule has 3 aromatic heterocycles. The molecule has 6 nitrogen and oxygen atoms in total. The first-order valence-electron chi connectivity index (χ1n) is 9.41. The summed E-state index contributed by atoms with van der Waals surface area (Å²) in [6.45, 7) is 1.81. The summed E-state index contributed by atoms with van der Waals surface area (Å²) in [7, 11) is 1.58. The van der Waals surface area contributed by atoms with Gasteiger partial charge in [0.2, 0.25) is 11.8 Å². The zero-order valence-electron chi connectivity index (χ0n) is 16.4. The molecule has 0 fully saturated rings. The lowest BCUT2D eigenvalue weighted by Crippen LogP contribution is -2.15. The molecular weight excluding hydrogens is 400 g/mol. The van der Waals surface area contributed by atoms with Crippen molar-refractivity contribution in [2.24, 2.45) is 0 Å². The van der Waals surface area contributed by atoms with Gasteiger partial charge in [-0.2, -0.15) is 0 Å². The molecular formula is C23H18N2O4S. The van der Waals surface area contributed by atoms with Crippen LogP contribution in [0.25, 0.3) is 32.7 Å². The fourth-order valence-electron chi connectivity index (χ4n) is 3.46. The summed E-state index contributed by atoms with van der Waals surface area (Å²) in [6.07, 6.45) is 0.0992. The van der Waals surface area contributed by atoms with Gasteiger partial charge in [-0.15, -0.1) is 11.3 Å². The molecule has 2 aromatic carbocycles.